The van der Waals surface area contributed by atoms with Gasteiger partial charge in [0.15, 0.2) is 11.6 Å². The fourth-order valence-electron chi connectivity index (χ4n) is 1.53. The van der Waals surface area contributed by atoms with Crippen molar-refractivity contribution in [1.29, 1.82) is 0 Å². The van der Waals surface area contributed by atoms with Crippen LogP contribution in [0, 0.1) is 11.6 Å². The second kappa shape index (κ2) is 6.81. The molecule has 0 amide bonds. The van der Waals surface area contributed by atoms with Gasteiger partial charge < -0.3 is 0 Å². The van der Waals surface area contributed by atoms with Crippen LogP contribution in [0.3, 0.4) is 0 Å². The summed E-state index contributed by atoms with van der Waals surface area (Å²) < 4.78 is 25.7. The molecule has 1 rings (SSSR count). The molecule has 0 saturated heterocycles. The van der Waals surface area contributed by atoms with Crippen LogP contribution >= 0.6 is 11.6 Å². The average molecular weight is 248 g/mol. The zero-order valence-corrected chi connectivity index (χ0v) is 10.1. The molecule has 0 aliphatic heterocycles. The molecule has 90 valence electrons. The minimum atomic E-state index is -0.799. The number of nitrogens with zero attached hydrogens (tertiary/aromatic N) is 1. The van der Waals surface area contributed by atoms with Crippen LogP contribution in [0.1, 0.15) is 18.9 Å². The summed E-state index contributed by atoms with van der Waals surface area (Å²) in [5, 5.41) is 0. The summed E-state index contributed by atoms with van der Waals surface area (Å²) in [4.78, 5) is 2.15. The van der Waals surface area contributed by atoms with Gasteiger partial charge in [0.2, 0.25) is 0 Å². The zero-order valence-electron chi connectivity index (χ0n) is 9.35. The van der Waals surface area contributed by atoms with Crippen LogP contribution in [0.4, 0.5) is 8.78 Å². The van der Waals surface area contributed by atoms with Gasteiger partial charge in [-0.15, -0.1) is 11.6 Å². The molecule has 16 heavy (non-hydrogen) atoms. The van der Waals surface area contributed by atoms with E-state index in [1.807, 2.05) is 6.92 Å². The molecule has 0 saturated carbocycles. The molecule has 0 radical (unpaired) electrons. The molecule has 1 aromatic rings. The van der Waals surface area contributed by atoms with Gasteiger partial charge in [-0.1, -0.05) is 13.0 Å². The Hall–Kier alpha value is -0.670. The van der Waals surface area contributed by atoms with Crippen LogP contribution in [-0.2, 0) is 6.54 Å². The van der Waals surface area contributed by atoms with Crippen molar-refractivity contribution >= 4 is 11.6 Å². The maximum atomic E-state index is 13.0. The number of benzene rings is 1. The van der Waals surface area contributed by atoms with Crippen molar-refractivity contribution in [2.45, 2.75) is 19.9 Å². The van der Waals surface area contributed by atoms with E-state index in [9.17, 15) is 8.78 Å². The number of hydrogen-bond acceptors (Lipinski definition) is 1. The molecule has 1 nitrogen and oxygen atoms in total. The van der Waals surface area contributed by atoms with Crippen molar-refractivity contribution in [1.82, 2.24) is 4.90 Å². The van der Waals surface area contributed by atoms with E-state index in [0.717, 1.165) is 25.1 Å². The first kappa shape index (κ1) is 13.4. The summed E-state index contributed by atoms with van der Waals surface area (Å²) in [7, 11) is 0. The van der Waals surface area contributed by atoms with Gasteiger partial charge in [0.05, 0.1) is 0 Å². The monoisotopic (exact) mass is 247 g/mol. The Balaban J connectivity index is 2.59. The normalized spacial score (nSPS) is 11.1. The Kier molecular flexibility index (Phi) is 5.71. The topological polar surface area (TPSA) is 3.24 Å². The Bertz CT molecular complexity index is 331. The lowest BCUT2D eigenvalue weighted by Crippen LogP contribution is -2.24. The van der Waals surface area contributed by atoms with Crippen LogP contribution in [0.15, 0.2) is 18.2 Å². The van der Waals surface area contributed by atoms with Gasteiger partial charge in [-0.3, -0.25) is 4.90 Å². The highest BCUT2D eigenvalue weighted by Crippen LogP contribution is 2.11. The molecule has 0 aromatic heterocycles. The summed E-state index contributed by atoms with van der Waals surface area (Å²) in [5.41, 5.74) is 0.787. The van der Waals surface area contributed by atoms with Crippen molar-refractivity contribution in [3.63, 3.8) is 0 Å². The van der Waals surface area contributed by atoms with Crippen LogP contribution in [0.25, 0.3) is 0 Å². The maximum absolute atomic E-state index is 13.0. The Labute approximate surface area is 100 Å². The van der Waals surface area contributed by atoms with Crippen LogP contribution in [-0.4, -0.2) is 23.9 Å². The van der Waals surface area contributed by atoms with Crippen LogP contribution in [0.5, 0.6) is 0 Å². The van der Waals surface area contributed by atoms with Crippen LogP contribution < -0.4 is 0 Å². The molecule has 1 aromatic carbocycles. The molecule has 0 aliphatic carbocycles. The Morgan fingerprint density at radius 3 is 2.56 bits per heavy atom. The van der Waals surface area contributed by atoms with Crippen molar-refractivity contribution in [3.8, 4) is 0 Å². The first-order chi connectivity index (χ1) is 7.67. The molecular formula is C12H16ClF2N. The summed E-state index contributed by atoms with van der Waals surface area (Å²) in [6.45, 7) is 4.41. The number of rotatable bonds is 6. The third kappa shape index (κ3) is 4.06. The summed E-state index contributed by atoms with van der Waals surface area (Å²) in [6.07, 6.45) is 0.902. The second-order valence-electron chi connectivity index (χ2n) is 3.66. The van der Waals surface area contributed by atoms with Crippen molar-refractivity contribution in [2.24, 2.45) is 0 Å². The molecule has 0 atom stereocenters. The molecule has 4 heteroatoms. The third-order valence-corrected chi connectivity index (χ3v) is 2.71. The molecule has 0 N–H and O–H groups in total. The Morgan fingerprint density at radius 1 is 1.25 bits per heavy atom. The molecule has 0 aliphatic rings. The predicted octanol–water partition coefficient (Wildman–Crippen LogP) is 3.42. The van der Waals surface area contributed by atoms with Gasteiger partial charge in [0.25, 0.3) is 0 Å². The van der Waals surface area contributed by atoms with E-state index in [2.05, 4.69) is 4.90 Å². The SMILES string of the molecule is CCN(CCCCl)Cc1ccc(F)c(F)c1. The average Bonchev–Trinajstić information content (AvgIpc) is 2.29. The Morgan fingerprint density at radius 2 is 2.00 bits per heavy atom. The minimum absolute atomic E-state index is 0.619. The van der Waals surface area contributed by atoms with E-state index in [4.69, 9.17) is 11.6 Å². The summed E-state index contributed by atoms with van der Waals surface area (Å²) in [5.74, 6) is -0.965. The molecule has 0 unspecified atom stereocenters. The molecule has 0 fully saturated rings. The number of hydrogen-bond donors (Lipinski definition) is 0. The molecule has 0 bridgehead atoms. The lowest BCUT2D eigenvalue weighted by molar-refractivity contribution is 0.280. The maximum Gasteiger partial charge on any atom is 0.159 e. The first-order valence-corrected chi connectivity index (χ1v) is 5.93. The lowest BCUT2D eigenvalue weighted by atomic mass is 10.2. The first-order valence-electron chi connectivity index (χ1n) is 5.39. The quantitative estimate of drug-likeness (QED) is 0.697. The van der Waals surface area contributed by atoms with Crippen LogP contribution in [0.2, 0.25) is 0 Å². The summed E-state index contributed by atoms with van der Waals surface area (Å²) >= 11 is 5.62. The van der Waals surface area contributed by atoms with E-state index in [1.165, 1.54) is 12.1 Å². The standard InChI is InChI=1S/C12H16ClF2N/c1-2-16(7-3-6-13)9-10-4-5-11(14)12(15)8-10/h4-5,8H,2-3,6-7,9H2,1H3. The van der Waals surface area contributed by atoms with E-state index in [-0.39, 0.29) is 0 Å². The highest BCUT2D eigenvalue weighted by Gasteiger charge is 2.06. The fraction of sp³-hybridized carbons (Fsp3) is 0.500. The van der Waals surface area contributed by atoms with Gasteiger partial charge in [0, 0.05) is 12.4 Å². The van der Waals surface area contributed by atoms with E-state index in [0.29, 0.717) is 12.4 Å². The van der Waals surface area contributed by atoms with Crippen molar-refractivity contribution in [2.75, 3.05) is 19.0 Å². The zero-order chi connectivity index (χ0) is 12.0. The van der Waals surface area contributed by atoms with Gasteiger partial charge >= 0.3 is 0 Å². The largest absolute Gasteiger partial charge is 0.299 e. The predicted molar refractivity (Wildman–Crippen MR) is 62.6 cm³/mol. The highest BCUT2D eigenvalue weighted by molar-refractivity contribution is 6.17. The lowest BCUT2D eigenvalue weighted by Gasteiger charge is -2.19. The molecule has 0 spiro atoms. The van der Waals surface area contributed by atoms with Gasteiger partial charge in [-0.2, -0.15) is 0 Å². The fourth-order valence-corrected chi connectivity index (χ4v) is 1.65. The second-order valence-corrected chi connectivity index (χ2v) is 4.04. The van der Waals surface area contributed by atoms with Gasteiger partial charge in [0.1, 0.15) is 0 Å². The smallest absolute Gasteiger partial charge is 0.159 e. The third-order valence-electron chi connectivity index (χ3n) is 2.45. The molecule has 0 heterocycles. The van der Waals surface area contributed by atoms with Crippen molar-refractivity contribution in [3.05, 3.63) is 35.4 Å². The highest BCUT2D eigenvalue weighted by atomic mass is 35.5. The summed E-state index contributed by atoms with van der Waals surface area (Å²) in [6, 6.07) is 4.03. The van der Waals surface area contributed by atoms with Gasteiger partial charge in [-0.05, 0) is 37.2 Å². The van der Waals surface area contributed by atoms with Crippen molar-refractivity contribution < 1.29 is 8.78 Å². The molecular weight excluding hydrogens is 232 g/mol. The van der Waals surface area contributed by atoms with E-state index in [1.54, 1.807) is 6.07 Å². The number of halogens is 3. The van der Waals surface area contributed by atoms with Gasteiger partial charge in [-0.25, -0.2) is 8.78 Å². The number of alkyl halides is 1. The van der Waals surface area contributed by atoms with E-state index < -0.39 is 11.6 Å². The minimum Gasteiger partial charge on any atom is -0.299 e. The van der Waals surface area contributed by atoms with E-state index >= 15 is 0 Å².